The number of anilines is 1. The Morgan fingerprint density at radius 3 is 1.76 bits per heavy atom. The number of hydrogen-bond donors (Lipinski definition) is 1. The van der Waals surface area contributed by atoms with E-state index in [2.05, 4.69) is 4.72 Å². The summed E-state index contributed by atoms with van der Waals surface area (Å²) in [6.45, 7) is 9.44. The average Bonchev–Trinajstić information content (AvgIpc) is 2.32. The molecule has 0 amide bonds. The molecule has 2 aromatic carbocycles. The van der Waals surface area contributed by atoms with E-state index >= 15 is 0 Å². The molecule has 0 radical (unpaired) electrons. The Kier molecular flexibility index (Phi) is 4.10. The molecule has 0 aromatic heterocycles. The zero-order chi connectivity index (χ0) is 15.8. The van der Waals surface area contributed by atoms with Crippen LogP contribution < -0.4 is 4.72 Å². The molecule has 0 spiro atoms. The summed E-state index contributed by atoms with van der Waals surface area (Å²) in [5.74, 6) is 0. The quantitative estimate of drug-likeness (QED) is 0.930. The molecule has 2 rings (SSSR count). The van der Waals surface area contributed by atoms with Crippen molar-refractivity contribution in [2.24, 2.45) is 0 Å². The number of rotatable bonds is 3. The van der Waals surface area contributed by atoms with E-state index < -0.39 is 10.0 Å². The van der Waals surface area contributed by atoms with Gasteiger partial charge in [-0.15, -0.1) is 0 Å². The first-order valence-corrected chi connectivity index (χ1v) is 8.37. The third-order valence-corrected chi connectivity index (χ3v) is 5.25. The van der Waals surface area contributed by atoms with Crippen LogP contribution in [0.25, 0.3) is 0 Å². The Hall–Kier alpha value is -1.81. The van der Waals surface area contributed by atoms with Crippen molar-refractivity contribution in [3.05, 3.63) is 58.1 Å². The fourth-order valence-corrected chi connectivity index (χ4v) is 4.41. The highest BCUT2D eigenvalue weighted by molar-refractivity contribution is 7.92. The monoisotopic (exact) mass is 303 g/mol. The summed E-state index contributed by atoms with van der Waals surface area (Å²) in [6.07, 6.45) is 0. The topological polar surface area (TPSA) is 46.2 Å². The summed E-state index contributed by atoms with van der Waals surface area (Å²) in [4.78, 5) is 0.371. The number of benzene rings is 2. The van der Waals surface area contributed by atoms with Crippen LogP contribution in [0.1, 0.15) is 27.8 Å². The minimum atomic E-state index is -3.59. The molecule has 0 aliphatic carbocycles. The molecule has 3 nitrogen and oxygen atoms in total. The molecule has 0 saturated heterocycles. The molecule has 2 aromatic rings. The van der Waals surface area contributed by atoms with Crippen molar-refractivity contribution in [2.45, 2.75) is 39.5 Å². The Bertz CT molecular complexity index is 749. The maximum atomic E-state index is 12.7. The van der Waals surface area contributed by atoms with Crippen LogP contribution in [0.2, 0.25) is 0 Å². The Labute approximate surface area is 127 Å². The second-order valence-corrected chi connectivity index (χ2v) is 7.22. The first-order valence-electron chi connectivity index (χ1n) is 6.89. The lowest BCUT2D eigenvalue weighted by molar-refractivity contribution is 0.600. The van der Waals surface area contributed by atoms with Gasteiger partial charge >= 0.3 is 0 Å². The van der Waals surface area contributed by atoms with E-state index in [1.165, 1.54) is 0 Å². The highest BCUT2D eigenvalue weighted by atomic mass is 32.2. The van der Waals surface area contributed by atoms with Gasteiger partial charge in [-0.2, -0.15) is 0 Å². The van der Waals surface area contributed by atoms with Crippen LogP contribution in [-0.2, 0) is 10.0 Å². The SMILES string of the molecule is Cc1cc(C)c(S(=O)(=O)Nc2c(C)cccc2C)c(C)c1. The molecular weight excluding hydrogens is 282 g/mol. The number of aryl methyl sites for hydroxylation is 5. The first kappa shape index (κ1) is 15.6. The molecule has 0 fully saturated rings. The molecule has 0 saturated carbocycles. The van der Waals surface area contributed by atoms with Gasteiger partial charge in [-0.3, -0.25) is 4.72 Å². The summed E-state index contributed by atoms with van der Waals surface area (Å²) in [6, 6.07) is 9.52. The van der Waals surface area contributed by atoms with Crippen molar-refractivity contribution in [1.82, 2.24) is 0 Å². The Balaban J connectivity index is 2.54. The molecule has 0 atom stereocenters. The lowest BCUT2D eigenvalue weighted by Crippen LogP contribution is -2.17. The molecule has 0 bridgehead atoms. The summed E-state index contributed by atoms with van der Waals surface area (Å²) in [5, 5.41) is 0. The van der Waals surface area contributed by atoms with Crippen molar-refractivity contribution in [2.75, 3.05) is 4.72 Å². The largest absolute Gasteiger partial charge is 0.279 e. The van der Waals surface area contributed by atoms with Crippen LogP contribution in [0.5, 0.6) is 0 Å². The van der Waals surface area contributed by atoms with Gasteiger partial charge in [0.1, 0.15) is 0 Å². The summed E-state index contributed by atoms with van der Waals surface area (Å²) in [5.41, 5.74) is 5.10. The molecule has 112 valence electrons. The molecule has 21 heavy (non-hydrogen) atoms. The number of para-hydroxylation sites is 1. The standard InChI is InChI=1S/C17H21NO2S/c1-11-9-14(4)17(15(5)10-11)21(19,20)18-16-12(2)7-6-8-13(16)3/h6-10,18H,1-5H3. The van der Waals surface area contributed by atoms with E-state index in [0.29, 0.717) is 10.6 Å². The van der Waals surface area contributed by atoms with Crippen molar-refractivity contribution < 1.29 is 8.42 Å². The summed E-state index contributed by atoms with van der Waals surface area (Å²) < 4.78 is 28.2. The fourth-order valence-electron chi connectivity index (χ4n) is 2.75. The molecule has 0 aliphatic rings. The third kappa shape index (κ3) is 3.10. The minimum Gasteiger partial charge on any atom is -0.279 e. The van der Waals surface area contributed by atoms with Gasteiger partial charge in [0.25, 0.3) is 10.0 Å². The van der Waals surface area contributed by atoms with E-state index in [0.717, 1.165) is 27.8 Å². The fraction of sp³-hybridized carbons (Fsp3) is 0.294. The van der Waals surface area contributed by atoms with Crippen LogP contribution in [0.4, 0.5) is 5.69 Å². The van der Waals surface area contributed by atoms with Crippen molar-refractivity contribution in [1.29, 1.82) is 0 Å². The average molecular weight is 303 g/mol. The van der Waals surface area contributed by atoms with Gasteiger partial charge in [-0.25, -0.2) is 8.42 Å². The van der Waals surface area contributed by atoms with Gasteiger partial charge in [0, 0.05) is 0 Å². The third-order valence-electron chi connectivity index (χ3n) is 3.59. The summed E-state index contributed by atoms with van der Waals surface area (Å²) in [7, 11) is -3.59. The Morgan fingerprint density at radius 2 is 1.29 bits per heavy atom. The minimum absolute atomic E-state index is 0.371. The molecular formula is C17H21NO2S. The number of hydrogen-bond acceptors (Lipinski definition) is 2. The maximum Gasteiger partial charge on any atom is 0.262 e. The Morgan fingerprint density at radius 1 is 0.810 bits per heavy atom. The lowest BCUT2D eigenvalue weighted by atomic mass is 10.1. The number of nitrogens with one attached hydrogen (secondary N) is 1. The maximum absolute atomic E-state index is 12.7. The van der Waals surface area contributed by atoms with Gasteiger partial charge in [0.2, 0.25) is 0 Å². The molecule has 1 N–H and O–H groups in total. The van der Waals surface area contributed by atoms with Gasteiger partial charge in [0.05, 0.1) is 10.6 Å². The van der Waals surface area contributed by atoms with Gasteiger partial charge in [-0.05, 0) is 56.9 Å². The van der Waals surface area contributed by atoms with Crippen LogP contribution >= 0.6 is 0 Å². The lowest BCUT2D eigenvalue weighted by Gasteiger charge is -2.16. The van der Waals surface area contributed by atoms with Gasteiger partial charge in [-0.1, -0.05) is 35.9 Å². The predicted octanol–water partition coefficient (Wildman–Crippen LogP) is 4.03. The van der Waals surface area contributed by atoms with E-state index in [9.17, 15) is 8.42 Å². The highest BCUT2D eigenvalue weighted by Crippen LogP contribution is 2.27. The second-order valence-electron chi connectivity index (χ2n) is 5.60. The highest BCUT2D eigenvalue weighted by Gasteiger charge is 2.21. The summed E-state index contributed by atoms with van der Waals surface area (Å²) >= 11 is 0. The van der Waals surface area contributed by atoms with Crippen molar-refractivity contribution in [3.8, 4) is 0 Å². The molecule has 4 heteroatoms. The van der Waals surface area contributed by atoms with E-state index in [4.69, 9.17) is 0 Å². The second kappa shape index (κ2) is 5.53. The smallest absolute Gasteiger partial charge is 0.262 e. The zero-order valence-electron chi connectivity index (χ0n) is 13.1. The number of sulfonamides is 1. The van der Waals surface area contributed by atoms with E-state index in [1.807, 2.05) is 65.0 Å². The molecule has 0 unspecified atom stereocenters. The van der Waals surface area contributed by atoms with Crippen LogP contribution in [0.15, 0.2) is 35.2 Å². The molecule has 0 aliphatic heterocycles. The van der Waals surface area contributed by atoms with E-state index in [-0.39, 0.29) is 0 Å². The van der Waals surface area contributed by atoms with Crippen molar-refractivity contribution in [3.63, 3.8) is 0 Å². The predicted molar refractivity (Wildman–Crippen MR) is 87.4 cm³/mol. The zero-order valence-corrected chi connectivity index (χ0v) is 13.9. The van der Waals surface area contributed by atoms with Crippen LogP contribution in [-0.4, -0.2) is 8.42 Å². The van der Waals surface area contributed by atoms with E-state index in [1.54, 1.807) is 0 Å². The van der Waals surface area contributed by atoms with Crippen LogP contribution in [0, 0.1) is 34.6 Å². The van der Waals surface area contributed by atoms with Gasteiger partial charge < -0.3 is 0 Å². The van der Waals surface area contributed by atoms with Crippen LogP contribution in [0.3, 0.4) is 0 Å². The van der Waals surface area contributed by atoms with Crippen molar-refractivity contribution >= 4 is 15.7 Å². The van der Waals surface area contributed by atoms with Gasteiger partial charge in [0.15, 0.2) is 0 Å². The normalized spacial score (nSPS) is 11.5. The molecule has 0 heterocycles. The first-order chi connectivity index (χ1) is 9.72.